The Morgan fingerprint density at radius 3 is 1.33 bits per heavy atom. The van der Waals surface area contributed by atoms with Crippen LogP contribution < -0.4 is 9.80 Å². The van der Waals surface area contributed by atoms with E-state index in [0.29, 0.717) is 5.92 Å². The molecule has 0 unspecified atom stereocenters. The Morgan fingerprint density at radius 2 is 0.930 bits per heavy atom. The first-order chi connectivity index (χ1) is 21.2. The second-order valence-corrected chi connectivity index (χ2v) is 11.9. The van der Waals surface area contributed by atoms with Gasteiger partial charge in [-0.15, -0.1) is 0 Å². The fourth-order valence-electron chi connectivity index (χ4n) is 6.59. The van der Waals surface area contributed by atoms with E-state index in [4.69, 9.17) is 11.6 Å². The monoisotopic (exact) mass is 584 g/mol. The summed E-state index contributed by atoms with van der Waals surface area (Å²) in [6.45, 7) is 6.09. The van der Waals surface area contributed by atoms with Gasteiger partial charge in [-0.2, -0.15) is 0 Å². The van der Waals surface area contributed by atoms with Crippen molar-refractivity contribution in [2.24, 2.45) is 0 Å². The van der Waals surface area contributed by atoms with Gasteiger partial charge in [0.25, 0.3) is 0 Å². The van der Waals surface area contributed by atoms with Gasteiger partial charge >= 0.3 is 0 Å². The van der Waals surface area contributed by atoms with Crippen molar-refractivity contribution in [1.82, 2.24) is 0 Å². The van der Waals surface area contributed by atoms with Crippen LogP contribution in [0.5, 0.6) is 0 Å². The first-order valence-corrected chi connectivity index (χ1v) is 16.2. The number of rotatable bonds is 9. The SMILES string of the molecule is CCN(c1ccc(-c2ccccc2)cc1)c1cc(C2CCCCC2)cc(N(CC)c2ccc(-c3ccccc3)cc2)c1Cl. The molecular formula is C40H41ClN2. The fraction of sp³-hybridized carbons (Fsp3) is 0.250. The molecule has 218 valence electrons. The number of benzene rings is 5. The van der Waals surface area contributed by atoms with E-state index in [2.05, 4.69) is 145 Å². The standard InChI is InChI=1S/C40H41ClN2/c1-3-42(36-24-20-33(21-25-36)30-14-8-5-9-15-30)38-28-35(32-18-12-7-13-19-32)29-39(40(38)41)43(4-2)37-26-22-34(23-27-37)31-16-10-6-11-17-31/h5-6,8-11,14-17,20-29,32H,3-4,7,12-13,18-19H2,1-2H3. The van der Waals surface area contributed by atoms with Crippen molar-refractivity contribution in [2.45, 2.75) is 51.9 Å². The highest BCUT2D eigenvalue weighted by atomic mass is 35.5. The lowest BCUT2D eigenvalue weighted by Crippen LogP contribution is -2.21. The van der Waals surface area contributed by atoms with Crippen LogP contribution in [0.15, 0.2) is 121 Å². The topological polar surface area (TPSA) is 6.48 Å². The molecule has 0 aliphatic heterocycles. The van der Waals surface area contributed by atoms with Crippen molar-refractivity contribution in [2.75, 3.05) is 22.9 Å². The molecule has 0 saturated heterocycles. The summed E-state index contributed by atoms with van der Waals surface area (Å²) < 4.78 is 0. The molecule has 43 heavy (non-hydrogen) atoms. The zero-order chi connectivity index (χ0) is 29.6. The molecule has 0 N–H and O–H groups in total. The van der Waals surface area contributed by atoms with Crippen LogP contribution in [-0.4, -0.2) is 13.1 Å². The first-order valence-electron chi connectivity index (χ1n) is 15.9. The van der Waals surface area contributed by atoms with Crippen LogP contribution in [0.1, 0.15) is 57.4 Å². The van der Waals surface area contributed by atoms with Crippen molar-refractivity contribution in [3.05, 3.63) is 132 Å². The Morgan fingerprint density at radius 1 is 0.535 bits per heavy atom. The zero-order valence-corrected chi connectivity index (χ0v) is 26.1. The normalized spacial score (nSPS) is 13.6. The number of hydrogen-bond donors (Lipinski definition) is 0. The molecular weight excluding hydrogens is 544 g/mol. The summed E-state index contributed by atoms with van der Waals surface area (Å²) in [6.07, 6.45) is 6.43. The van der Waals surface area contributed by atoms with Gasteiger partial charge in [-0.05, 0) is 96.8 Å². The molecule has 0 amide bonds. The van der Waals surface area contributed by atoms with Crippen molar-refractivity contribution in [3.63, 3.8) is 0 Å². The van der Waals surface area contributed by atoms with Gasteiger partial charge in [-0.3, -0.25) is 0 Å². The third-order valence-electron chi connectivity index (χ3n) is 8.92. The zero-order valence-electron chi connectivity index (χ0n) is 25.3. The summed E-state index contributed by atoms with van der Waals surface area (Å²) in [4.78, 5) is 4.75. The lowest BCUT2D eigenvalue weighted by Gasteiger charge is -2.32. The van der Waals surface area contributed by atoms with Crippen LogP contribution in [0.3, 0.4) is 0 Å². The second-order valence-electron chi connectivity index (χ2n) is 11.5. The molecule has 6 rings (SSSR count). The molecule has 0 bridgehead atoms. The van der Waals surface area contributed by atoms with Crippen molar-refractivity contribution in [1.29, 1.82) is 0 Å². The molecule has 0 heterocycles. The van der Waals surface area contributed by atoms with Crippen LogP contribution in [0.4, 0.5) is 22.7 Å². The summed E-state index contributed by atoms with van der Waals surface area (Å²) in [6, 6.07) is 43.7. The first kappa shape index (κ1) is 29.1. The van der Waals surface area contributed by atoms with E-state index in [1.54, 1.807) is 0 Å². The van der Waals surface area contributed by atoms with Crippen molar-refractivity contribution < 1.29 is 0 Å². The number of anilines is 4. The maximum absolute atomic E-state index is 7.44. The van der Waals surface area contributed by atoms with E-state index in [1.807, 2.05) is 0 Å². The molecule has 1 aliphatic rings. The van der Waals surface area contributed by atoms with Gasteiger partial charge in [0.05, 0.1) is 16.4 Å². The minimum absolute atomic E-state index is 0.571. The highest BCUT2D eigenvalue weighted by Crippen LogP contribution is 2.45. The maximum Gasteiger partial charge on any atom is 0.0880 e. The molecule has 0 atom stereocenters. The molecule has 1 saturated carbocycles. The Balaban J connectivity index is 1.40. The molecule has 5 aromatic rings. The Labute approximate surface area is 262 Å². The van der Waals surface area contributed by atoms with Gasteiger partial charge in [0.2, 0.25) is 0 Å². The summed E-state index contributed by atoms with van der Waals surface area (Å²) in [5.74, 6) is 0.571. The Kier molecular flexibility index (Phi) is 9.15. The smallest absolute Gasteiger partial charge is 0.0880 e. The van der Waals surface area contributed by atoms with Crippen LogP contribution in [-0.2, 0) is 0 Å². The summed E-state index contributed by atoms with van der Waals surface area (Å²) in [5, 5.41) is 0.808. The molecule has 0 radical (unpaired) electrons. The van der Waals surface area contributed by atoms with E-state index in [1.165, 1.54) is 59.9 Å². The Bertz CT molecular complexity index is 1490. The summed E-state index contributed by atoms with van der Waals surface area (Å²) >= 11 is 7.44. The molecule has 5 aromatic carbocycles. The molecule has 3 heteroatoms. The predicted octanol–water partition coefficient (Wildman–Crippen LogP) is 12.0. The van der Waals surface area contributed by atoms with Crippen molar-refractivity contribution in [3.8, 4) is 22.3 Å². The number of hydrogen-bond acceptors (Lipinski definition) is 2. The highest BCUT2D eigenvalue weighted by molar-refractivity contribution is 6.36. The lowest BCUT2D eigenvalue weighted by molar-refractivity contribution is 0.443. The minimum atomic E-state index is 0.571. The predicted molar refractivity (Wildman–Crippen MR) is 186 cm³/mol. The molecule has 0 aromatic heterocycles. The largest absolute Gasteiger partial charge is 0.340 e. The van der Waals surface area contributed by atoms with Crippen LogP contribution in [0.2, 0.25) is 5.02 Å². The van der Waals surface area contributed by atoms with Crippen molar-refractivity contribution >= 4 is 34.4 Å². The molecule has 2 nitrogen and oxygen atoms in total. The van der Waals surface area contributed by atoms with Gasteiger partial charge < -0.3 is 9.80 Å². The second kappa shape index (κ2) is 13.5. The van der Waals surface area contributed by atoms with E-state index < -0.39 is 0 Å². The molecule has 0 spiro atoms. The Hall–Kier alpha value is -4.01. The highest BCUT2D eigenvalue weighted by Gasteiger charge is 2.24. The quantitative estimate of drug-likeness (QED) is 0.170. The maximum atomic E-state index is 7.44. The third-order valence-corrected chi connectivity index (χ3v) is 9.31. The average molecular weight is 585 g/mol. The summed E-state index contributed by atoms with van der Waals surface area (Å²) in [5.41, 5.74) is 10.8. The van der Waals surface area contributed by atoms with E-state index in [0.717, 1.165) is 40.9 Å². The van der Waals surface area contributed by atoms with Crippen LogP contribution in [0, 0.1) is 0 Å². The number of halogens is 1. The molecule has 1 fully saturated rings. The third kappa shape index (κ3) is 6.36. The van der Waals surface area contributed by atoms with Gasteiger partial charge in [-0.1, -0.05) is 116 Å². The van der Waals surface area contributed by atoms with Crippen LogP contribution in [0.25, 0.3) is 22.3 Å². The van der Waals surface area contributed by atoms with E-state index >= 15 is 0 Å². The lowest BCUT2D eigenvalue weighted by atomic mass is 9.83. The number of nitrogens with zero attached hydrogens (tertiary/aromatic N) is 2. The summed E-state index contributed by atoms with van der Waals surface area (Å²) in [7, 11) is 0. The average Bonchev–Trinajstić information content (AvgIpc) is 3.08. The van der Waals surface area contributed by atoms with Gasteiger partial charge in [0.1, 0.15) is 0 Å². The van der Waals surface area contributed by atoms with Gasteiger partial charge in [0.15, 0.2) is 0 Å². The van der Waals surface area contributed by atoms with E-state index in [-0.39, 0.29) is 0 Å². The molecule has 1 aliphatic carbocycles. The van der Waals surface area contributed by atoms with Crippen LogP contribution >= 0.6 is 11.6 Å². The van der Waals surface area contributed by atoms with E-state index in [9.17, 15) is 0 Å². The van der Waals surface area contributed by atoms with Gasteiger partial charge in [-0.25, -0.2) is 0 Å². The fourth-order valence-corrected chi connectivity index (χ4v) is 6.91. The van der Waals surface area contributed by atoms with Gasteiger partial charge in [0, 0.05) is 24.5 Å². The minimum Gasteiger partial charge on any atom is -0.340 e.